The average Bonchev–Trinajstić information content (AvgIpc) is 3.92. The van der Waals surface area contributed by atoms with Gasteiger partial charge in [0.2, 0.25) is 17.7 Å². The highest BCUT2D eigenvalue weighted by atomic mass is 32.1. The van der Waals surface area contributed by atoms with Gasteiger partial charge in [0.05, 0.1) is 21.8 Å². The summed E-state index contributed by atoms with van der Waals surface area (Å²) in [6.07, 6.45) is 11.6. The standard InChI is InChI=1S/C41H45N5O4S2/c1-24(21-34(47)28-11-12-28)40(49)45-19-3-5-32(45)38-42-22-35(51-38)29-13-7-26(8-14-29)27-9-15-30(16-10-27)36-23-43-39(52-36)33-6-4-20-46(33)41(50)25(2)44-37(48)31-17-18-31/h7-10,13-16,22-25,28,31-33H,3-6,11-12,17-21H2,1-2H3,(H,44,48)/t24-,25+,32-,33-/m0/s1. The fourth-order valence-electron chi connectivity index (χ4n) is 7.61. The predicted octanol–water partition coefficient (Wildman–Crippen LogP) is 7.85. The van der Waals surface area contributed by atoms with Crippen LogP contribution in [0, 0.1) is 17.8 Å². The molecule has 0 spiro atoms. The highest BCUT2D eigenvalue weighted by Gasteiger charge is 2.38. The highest BCUT2D eigenvalue weighted by Crippen LogP contribution is 2.41. The Hall–Kier alpha value is -4.22. The van der Waals surface area contributed by atoms with Crippen molar-refractivity contribution in [1.82, 2.24) is 25.1 Å². The van der Waals surface area contributed by atoms with Crippen LogP contribution in [-0.4, -0.2) is 62.4 Å². The van der Waals surface area contributed by atoms with Crippen LogP contribution in [0.5, 0.6) is 0 Å². The van der Waals surface area contributed by atoms with Gasteiger partial charge in [-0.3, -0.25) is 19.2 Å². The molecule has 0 bridgehead atoms. The molecule has 9 nitrogen and oxygen atoms in total. The lowest BCUT2D eigenvalue weighted by Crippen LogP contribution is -2.47. The van der Waals surface area contributed by atoms with Crippen LogP contribution < -0.4 is 5.32 Å². The Bertz CT molecular complexity index is 1820. The number of nitrogens with one attached hydrogen (secondary N) is 1. The number of hydrogen-bond acceptors (Lipinski definition) is 8. The van der Waals surface area contributed by atoms with Gasteiger partial charge in [0.25, 0.3) is 0 Å². The lowest BCUT2D eigenvalue weighted by atomic mass is 10.0. The van der Waals surface area contributed by atoms with Crippen molar-refractivity contribution in [2.45, 2.75) is 89.8 Å². The number of amides is 3. The normalized spacial score (nSPS) is 21.3. The van der Waals surface area contributed by atoms with Gasteiger partial charge in [-0.25, -0.2) is 9.97 Å². The molecule has 4 fully saturated rings. The molecular formula is C41H45N5O4S2. The molecule has 8 rings (SSSR count). The number of carbonyl (C=O) groups excluding carboxylic acids is 4. The third-order valence-electron chi connectivity index (χ3n) is 11.0. The first-order valence-corrected chi connectivity index (χ1v) is 20.4. The Kier molecular flexibility index (Phi) is 9.82. The second-order valence-electron chi connectivity index (χ2n) is 15.0. The van der Waals surface area contributed by atoms with Crippen LogP contribution in [-0.2, 0) is 19.2 Å². The van der Waals surface area contributed by atoms with E-state index in [1.807, 2.05) is 29.1 Å². The number of aromatic nitrogens is 2. The number of likely N-dealkylation sites (tertiary alicyclic amines) is 2. The van der Waals surface area contributed by atoms with E-state index in [9.17, 15) is 19.2 Å². The number of benzene rings is 2. The monoisotopic (exact) mass is 735 g/mol. The minimum atomic E-state index is -0.529. The molecular weight excluding hydrogens is 691 g/mol. The summed E-state index contributed by atoms with van der Waals surface area (Å²) in [5.74, 6) is 0.263. The van der Waals surface area contributed by atoms with Crippen molar-refractivity contribution in [2.24, 2.45) is 17.8 Å². The van der Waals surface area contributed by atoms with Gasteiger partial charge in [-0.2, -0.15) is 0 Å². The Morgan fingerprint density at radius 1 is 0.673 bits per heavy atom. The minimum Gasteiger partial charge on any atom is -0.344 e. The van der Waals surface area contributed by atoms with Crippen molar-refractivity contribution in [3.05, 3.63) is 70.9 Å². The van der Waals surface area contributed by atoms with E-state index >= 15 is 0 Å². The molecule has 4 atom stereocenters. The Labute approximate surface area is 312 Å². The van der Waals surface area contributed by atoms with Gasteiger partial charge in [0, 0.05) is 49.7 Å². The summed E-state index contributed by atoms with van der Waals surface area (Å²) in [6.45, 7) is 5.09. The molecule has 0 radical (unpaired) electrons. The third-order valence-corrected chi connectivity index (χ3v) is 13.3. The number of Topliss-reactive ketones (excluding diaryl/α,β-unsaturated/α-hetero) is 1. The van der Waals surface area contributed by atoms with Crippen LogP contribution in [0.2, 0.25) is 0 Å². The Morgan fingerprint density at radius 3 is 1.62 bits per heavy atom. The molecule has 4 heterocycles. The van der Waals surface area contributed by atoms with Gasteiger partial charge >= 0.3 is 0 Å². The van der Waals surface area contributed by atoms with E-state index in [2.05, 4.69) is 53.8 Å². The van der Waals surface area contributed by atoms with Crippen LogP contribution in [0.1, 0.15) is 93.7 Å². The second-order valence-corrected chi connectivity index (χ2v) is 17.1. The van der Waals surface area contributed by atoms with Crippen molar-refractivity contribution >= 4 is 46.2 Å². The largest absolute Gasteiger partial charge is 0.344 e. The zero-order valence-corrected chi connectivity index (χ0v) is 31.4. The fraction of sp³-hybridized carbons (Fsp3) is 0.463. The van der Waals surface area contributed by atoms with Crippen molar-refractivity contribution in [3.63, 3.8) is 0 Å². The van der Waals surface area contributed by atoms with Crippen LogP contribution in [0.4, 0.5) is 0 Å². The Morgan fingerprint density at radius 2 is 1.13 bits per heavy atom. The van der Waals surface area contributed by atoms with Gasteiger partial charge in [-0.15, -0.1) is 22.7 Å². The summed E-state index contributed by atoms with van der Waals surface area (Å²) in [5.41, 5.74) is 4.43. The first kappa shape index (κ1) is 34.8. The van der Waals surface area contributed by atoms with Crippen molar-refractivity contribution < 1.29 is 19.2 Å². The average molecular weight is 736 g/mol. The minimum absolute atomic E-state index is 0.00672. The van der Waals surface area contributed by atoms with Crippen LogP contribution in [0.15, 0.2) is 60.9 Å². The topological polar surface area (TPSA) is 113 Å². The smallest absolute Gasteiger partial charge is 0.245 e. The van der Waals surface area contributed by atoms with Crippen molar-refractivity contribution in [1.29, 1.82) is 0 Å². The molecule has 2 aromatic heterocycles. The van der Waals surface area contributed by atoms with Gasteiger partial charge in [0.15, 0.2) is 0 Å². The maximum Gasteiger partial charge on any atom is 0.245 e. The zero-order chi connectivity index (χ0) is 35.9. The molecule has 2 saturated carbocycles. The van der Waals surface area contributed by atoms with Crippen molar-refractivity contribution in [2.75, 3.05) is 13.1 Å². The lowest BCUT2D eigenvalue weighted by molar-refractivity contribution is -0.138. The molecule has 0 unspecified atom stereocenters. The van der Waals surface area contributed by atoms with E-state index in [4.69, 9.17) is 9.97 Å². The zero-order valence-electron chi connectivity index (χ0n) is 29.8. The summed E-state index contributed by atoms with van der Waals surface area (Å²) >= 11 is 3.28. The maximum atomic E-state index is 13.3. The van der Waals surface area contributed by atoms with Gasteiger partial charge in [-0.1, -0.05) is 55.5 Å². The Balaban J connectivity index is 0.892. The van der Waals surface area contributed by atoms with Crippen molar-refractivity contribution in [3.8, 4) is 32.0 Å². The molecule has 4 aromatic rings. The summed E-state index contributed by atoms with van der Waals surface area (Å²) < 4.78 is 0. The third kappa shape index (κ3) is 7.35. The molecule has 2 saturated heterocycles. The van der Waals surface area contributed by atoms with E-state index < -0.39 is 6.04 Å². The number of ketones is 1. The number of carbonyl (C=O) groups is 4. The molecule has 2 aromatic carbocycles. The van der Waals surface area contributed by atoms with E-state index in [0.29, 0.717) is 13.0 Å². The molecule has 11 heteroatoms. The molecule has 1 N–H and O–H groups in total. The fourth-order valence-corrected chi connectivity index (χ4v) is 9.75. The number of thiazole rings is 2. The van der Waals surface area contributed by atoms with Gasteiger partial charge in [-0.05, 0) is 80.5 Å². The van der Waals surface area contributed by atoms with Gasteiger partial charge < -0.3 is 15.1 Å². The lowest BCUT2D eigenvalue weighted by Gasteiger charge is -2.26. The molecule has 52 heavy (non-hydrogen) atoms. The number of nitrogens with zero attached hydrogens (tertiary/aromatic N) is 4. The first-order valence-electron chi connectivity index (χ1n) is 18.8. The molecule has 4 aliphatic rings. The second kappa shape index (κ2) is 14.7. The van der Waals surface area contributed by atoms with Crippen LogP contribution in [0.25, 0.3) is 32.0 Å². The molecule has 2 aliphatic heterocycles. The first-order chi connectivity index (χ1) is 25.2. The number of hydrogen-bond donors (Lipinski definition) is 1. The SMILES string of the molecule is C[C@@H](CC(=O)C1CC1)C(=O)N1CCC[C@H]1c1ncc(-c2ccc(-c3ccc(-c4cnc([C@@H]5CCCN5C(=O)[C@@H](C)NC(=O)C5CC5)s4)cc3)cc2)s1. The van der Waals surface area contributed by atoms with E-state index in [1.165, 1.54) is 0 Å². The quantitative estimate of drug-likeness (QED) is 0.159. The number of rotatable bonds is 12. The highest BCUT2D eigenvalue weighted by molar-refractivity contribution is 7.15. The predicted molar refractivity (Wildman–Crippen MR) is 203 cm³/mol. The molecule has 270 valence electrons. The van der Waals surface area contributed by atoms with Crippen LogP contribution in [0.3, 0.4) is 0 Å². The summed E-state index contributed by atoms with van der Waals surface area (Å²) in [6, 6.07) is 16.4. The molecule has 2 aliphatic carbocycles. The summed E-state index contributed by atoms with van der Waals surface area (Å²) in [7, 11) is 0. The van der Waals surface area contributed by atoms with Gasteiger partial charge in [0.1, 0.15) is 21.8 Å². The molecule has 3 amide bonds. The van der Waals surface area contributed by atoms with E-state index in [1.54, 1.807) is 29.6 Å². The summed E-state index contributed by atoms with van der Waals surface area (Å²) in [5, 5.41) is 4.81. The maximum absolute atomic E-state index is 13.3. The van der Waals surface area contributed by atoms with Crippen LogP contribution >= 0.6 is 22.7 Å². The van der Waals surface area contributed by atoms with E-state index in [-0.39, 0.29) is 53.3 Å². The van der Waals surface area contributed by atoms with E-state index in [0.717, 1.165) is 99.9 Å². The summed E-state index contributed by atoms with van der Waals surface area (Å²) in [4.78, 5) is 66.7.